The van der Waals surface area contributed by atoms with E-state index in [1.165, 1.54) is 6.07 Å². The number of nitro groups is 1. The van der Waals surface area contributed by atoms with E-state index in [-0.39, 0.29) is 11.5 Å². The van der Waals surface area contributed by atoms with Crippen LogP contribution >= 0.6 is 0 Å². The number of rotatable bonds is 3. The van der Waals surface area contributed by atoms with Crippen molar-refractivity contribution in [1.29, 1.82) is 0 Å². The van der Waals surface area contributed by atoms with Crippen LogP contribution in [0, 0.1) is 10.1 Å². The average Bonchev–Trinajstić information content (AvgIpc) is 2.41. The summed E-state index contributed by atoms with van der Waals surface area (Å²) in [6, 6.07) is 6.51. The van der Waals surface area contributed by atoms with Crippen LogP contribution in [-0.4, -0.2) is 10.7 Å². The monoisotopic (exact) mass is 255 g/mol. The van der Waals surface area contributed by atoms with Crippen LogP contribution in [0.4, 0.5) is 5.69 Å². The summed E-state index contributed by atoms with van der Waals surface area (Å²) < 4.78 is 0. The third kappa shape index (κ3) is 3.25. The maximum atomic E-state index is 11.5. The molecule has 0 bridgehead atoms. The predicted octanol–water partition coefficient (Wildman–Crippen LogP) is 3.45. The summed E-state index contributed by atoms with van der Waals surface area (Å²) in [5.41, 5.74) is 1.33. The molecule has 1 aliphatic rings. The van der Waals surface area contributed by atoms with E-state index in [0.717, 1.165) is 18.4 Å². The molecule has 0 unspecified atom stereocenters. The Morgan fingerprint density at radius 3 is 2.79 bits per heavy atom. The van der Waals surface area contributed by atoms with Crippen molar-refractivity contribution in [2.75, 3.05) is 0 Å². The molecular weight excluding hydrogens is 242 g/mol. The molecule has 0 aromatic heterocycles. The molecule has 0 N–H and O–H groups in total. The summed E-state index contributed by atoms with van der Waals surface area (Å²) in [4.78, 5) is 21.9. The number of hydrogen-bond donors (Lipinski definition) is 0. The van der Waals surface area contributed by atoms with Crippen LogP contribution in [0.15, 0.2) is 54.1 Å². The van der Waals surface area contributed by atoms with Crippen molar-refractivity contribution in [1.82, 2.24) is 0 Å². The van der Waals surface area contributed by atoms with E-state index in [2.05, 4.69) is 0 Å². The Balaban J connectivity index is 2.20. The van der Waals surface area contributed by atoms with E-state index in [4.69, 9.17) is 0 Å². The first-order chi connectivity index (χ1) is 9.18. The first-order valence-corrected chi connectivity index (χ1v) is 6.00. The predicted molar refractivity (Wildman–Crippen MR) is 73.6 cm³/mol. The van der Waals surface area contributed by atoms with Crippen LogP contribution in [0.1, 0.15) is 18.4 Å². The molecule has 2 rings (SSSR count). The molecule has 1 aromatic carbocycles. The van der Waals surface area contributed by atoms with Gasteiger partial charge in [0.15, 0.2) is 5.78 Å². The second kappa shape index (κ2) is 5.91. The summed E-state index contributed by atoms with van der Waals surface area (Å²) in [5.74, 6) is 0.0125. The average molecular weight is 255 g/mol. The normalized spacial score (nSPS) is 17.3. The number of para-hydroxylation sites is 1. The van der Waals surface area contributed by atoms with Gasteiger partial charge in [-0.3, -0.25) is 14.9 Å². The Hall–Kier alpha value is -2.49. The van der Waals surface area contributed by atoms with Crippen LogP contribution in [0.5, 0.6) is 0 Å². The third-order valence-corrected chi connectivity index (χ3v) is 2.87. The van der Waals surface area contributed by atoms with Crippen molar-refractivity contribution >= 4 is 17.5 Å². The van der Waals surface area contributed by atoms with Gasteiger partial charge < -0.3 is 0 Å². The lowest BCUT2D eigenvalue weighted by Gasteiger charge is -2.05. The maximum Gasteiger partial charge on any atom is 0.276 e. The molecule has 4 heteroatoms. The second-order valence-corrected chi connectivity index (χ2v) is 4.17. The van der Waals surface area contributed by atoms with Crippen molar-refractivity contribution in [3.63, 3.8) is 0 Å². The number of hydrogen-bond acceptors (Lipinski definition) is 3. The Bertz CT molecular complexity index is 597. The first-order valence-electron chi connectivity index (χ1n) is 6.00. The fraction of sp³-hybridized carbons (Fsp3) is 0.133. The molecule has 0 atom stereocenters. The van der Waals surface area contributed by atoms with Crippen molar-refractivity contribution in [2.45, 2.75) is 12.8 Å². The summed E-state index contributed by atoms with van der Waals surface area (Å²) >= 11 is 0. The zero-order valence-electron chi connectivity index (χ0n) is 10.3. The molecule has 0 heterocycles. The molecule has 1 aliphatic carbocycles. The lowest BCUT2D eigenvalue weighted by Crippen LogP contribution is -2.02. The summed E-state index contributed by atoms with van der Waals surface area (Å²) in [6.45, 7) is 0. The number of carbonyl (C=O) groups excluding carboxylic acids is 1. The Morgan fingerprint density at radius 1 is 1.26 bits per heavy atom. The number of nitro benzene ring substituents is 1. The minimum absolute atomic E-state index is 0.0125. The van der Waals surface area contributed by atoms with Gasteiger partial charge in [-0.15, -0.1) is 0 Å². The SMILES string of the molecule is O=C1C=CCC/C1=C\C=C\c1ccccc1[N+](=O)[O-]. The first kappa shape index (κ1) is 13.0. The van der Waals surface area contributed by atoms with Gasteiger partial charge in [-0.05, 0) is 36.6 Å². The molecule has 0 fully saturated rings. The van der Waals surface area contributed by atoms with Gasteiger partial charge in [0.25, 0.3) is 5.69 Å². The fourth-order valence-electron chi connectivity index (χ4n) is 1.89. The Labute approximate surface area is 110 Å². The topological polar surface area (TPSA) is 60.2 Å². The van der Waals surface area contributed by atoms with Crippen molar-refractivity contribution in [3.8, 4) is 0 Å². The highest BCUT2D eigenvalue weighted by Gasteiger charge is 2.10. The molecule has 4 nitrogen and oxygen atoms in total. The van der Waals surface area contributed by atoms with E-state index in [1.54, 1.807) is 42.5 Å². The van der Waals surface area contributed by atoms with Crippen molar-refractivity contribution < 1.29 is 9.72 Å². The highest BCUT2D eigenvalue weighted by atomic mass is 16.6. The molecule has 19 heavy (non-hydrogen) atoms. The minimum Gasteiger partial charge on any atom is -0.290 e. The standard InChI is InChI=1S/C15H13NO3/c17-15-11-4-2-7-13(15)9-5-8-12-6-1-3-10-14(12)16(18)19/h1,3-6,8-11H,2,7H2/b8-5+,13-9+. The van der Waals surface area contributed by atoms with E-state index < -0.39 is 4.92 Å². The van der Waals surface area contributed by atoms with Gasteiger partial charge in [-0.1, -0.05) is 30.4 Å². The molecular formula is C15H13NO3. The second-order valence-electron chi connectivity index (χ2n) is 4.17. The summed E-state index contributed by atoms with van der Waals surface area (Å²) in [7, 11) is 0. The quantitative estimate of drug-likeness (QED) is 0.472. The van der Waals surface area contributed by atoms with Gasteiger partial charge in [0.05, 0.1) is 10.5 Å². The van der Waals surface area contributed by atoms with Gasteiger partial charge in [0.2, 0.25) is 0 Å². The van der Waals surface area contributed by atoms with E-state index >= 15 is 0 Å². The van der Waals surface area contributed by atoms with Crippen LogP contribution in [0.2, 0.25) is 0 Å². The molecule has 0 radical (unpaired) electrons. The van der Waals surface area contributed by atoms with E-state index in [1.807, 2.05) is 6.08 Å². The molecule has 1 aromatic rings. The number of ketones is 1. The summed E-state index contributed by atoms with van der Waals surface area (Å²) in [5, 5.41) is 10.8. The number of allylic oxidation sites excluding steroid dienone is 5. The van der Waals surface area contributed by atoms with Crippen LogP contribution in [0.3, 0.4) is 0 Å². The fourth-order valence-corrected chi connectivity index (χ4v) is 1.89. The van der Waals surface area contributed by atoms with Crippen molar-refractivity contribution in [3.05, 3.63) is 69.8 Å². The minimum atomic E-state index is -0.415. The van der Waals surface area contributed by atoms with Gasteiger partial charge in [-0.2, -0.15) is 0 Å². The zero-order valence-corrected chi connectivity index (χ0v) is 10.3. The highest BCUT2D eigenvalue weighted by molar-refractivity contribution is 6.04. The zero-order chi connectivity index (χ0) is 13.7. The lowest BCUT2D eigenvalue weighted by atomic mass is 9.99. The smallest absolute Gasteiger partial charge is 0.276 e. The lowest BCUT2D eigenvalue weighted by molar-refractivity contribution is -0.385. The van der Waals surface area contributed by atoms with Crippen LogP contribution in [-0.2, 0) is 4.79 Å². The molecule has 0 aliphatic heterocycles. The summed E-state index contributed by atoms with van der Waals surface area (Å²) in [6.07, 6.45) is 10.1. The number of carbonyl (C=O) groups is 1. The molecule has 96 valence electrons. The van der Waals surface area contributed by atoms with Gasteiger partial charge in [0, 0.05) is 6.07 Å². The van der Waals surface area contributed by atoms with Crippen LogP contribution in [0.25, 0.3) is 6.08 Å². The Morgan fingerprint density at radius 2 is 2.05 bits per heavy atom. The highest BCUT2D eigenvalue weighted by Crippen LogP contribution is 2.20. The van der Waals surface area contributed by atoms with E-state index in [0.29, 0.717) is 5.56 Å². The molecule has 0 spiro atoms. The van der Waals surface area contributed by atoms with Gasteiger partial charge in [0.1, 0.15) is 0 Å². The van der Waals surface area contributed by atoms with Gasteiger partial charge >= 0.3 is 0 Å². The largest absolute Gasteiger partial charge is 0.290 e. The van der Waals surface area contributed by atoms with E-state index in [9.17, 15) is 14.9 Å². The third-order valence-electron chi connectivity index (χ3n) is 2.87. The maximum absolute atomic E-state index is 11.5. The molecule has 0 saturated heterocycles. The number of benzene rings is 1. The molecule has 0 saturated carbocycles. The van der Waals surface area contributed by atoms with Gasteiger partial charge in [-0.25, -0.2) is 0 Å². The van der Waals surface area contributed by atoms with Crippen LogP contribution < -0.4 is 0 Å². The number of nitrogens with zero attached hydrogens (tertiary/aromatic N) is 1. The van der Waals surface area contributed by atoms with Crippen molar-refractivity contribution in [2.24, 2.45) is 0 Å². The Kier molecular flexibility index (Phi) is 4.03. The molecule has 0 amide bonds.